The topological polar surface area (TPSA) is 114 Å². The van der Waals surface area contributed by atoms with Crippen molar-refractivity contribution in [2.75, 3.05) is 13.1 Å². The molecule has 2 aliphatic heterocycles. The molecule has 2 fully saturated rings. The highest BCUT2D eigenvalue weighted by Gasteiger charge is 2.48. The van der Waals surface area contributed by atoms with Crippen LogP contribution in [0.4, 0.5) is 4.39 Å². The van der Waals surface area contributed by atoms with Crippen molar-refractivity contribution in [1.82, 2.24) is 14.6 Å². The zero-order valence-corrected chi connectivity index (χ0v) is 24.5. The van der Waals surface area contributed by atoms with E-state index >= 15 is 0 Å². The molecule has 1 aliphatic carbocycles. The summed E-state index contributed by atoms with van der Waals surface area (Å²) in [4.78, 5) is 17.8. The summed E-state index contributed by atoms with van der Waals surface area (Å²) >= 11 is 6.61. The zero-order chi connectivity index (χ0) is 29.0. The van der Waals surface area contributed by atoms with Crippen LogP contribution in [0.5, 0.6) is 0 Å². The Balaban J connectivity index is 1.31. The number of likely N-dealkylation sites (tertiary alicyclic amines) is 1. The first-order chi connectivity index (χ1) is 19.5. The Morgan fingerprint density at radius 2 is 1.63 bits per heavy atom. The van der Waals surface area contributed by atoms with Crippen molar-refractivity contribution < 1.29 is 26.0 Å². The van der Waals surface area contributed by atoms with Gasteiger partial charge in [-0.05, 0) is 73.2 Å². The Morgan fingerprint density at radius 3 is 2.32 bits per heavy atom. The SMILES string of the molecule is O=C(c1ccncc1)N1CCC(NS(=O)(=O)c2cc3c(cc2Cl)C2(CCCCC2)c2ccc(F)cc2S3(=O)=O)CC1. The minimum absolute atomic E-state index is 0.0627. The summed E-state index contributed by atoms with van der Waals surface area (Å²) in [6, 6.07) is 9.27. The van der Waals surface area contributed by atoms with Gasteiger partial charge in [0.05, 0.1) is 14.8 Å². The number of nitrogens with one attached hydrogen (secondary N) is 1. The van der Waals surface area contributed by atoms with Crippen LogP contribution in [0, 0.1) is 5.82 Å². The van der Waals surface area contributed by atoms with E-state index in [1.807, 2.05) is 0 Å². The largest absolute Gasteiger partial charge is 0.339 e. The number of aromatic nitrogens is 1. The molecular weight excluding hydrogens is 589 g/mol. The predicted octanol–water partition coefficient (Wildman–Crippen LogP) is 4.85. The second kappa shape index (κ2) is 10.4. The van der Waals surface area contributed by atoms with Gasteiger partial charge < -0.3 is 4.90 Å². The summed E-state index contributed by atoms with van der Waals surface area (Å²) in [7, 11) is -8.44. The van der Waals surface area contributed by atoms with Gasteiger partial charge >= 0.3 is 0 Å². The van der Waals surface area contributed by atoms with E-state index in [9.17, 15) is 26.0 Å². The number of amides is 1. The highest BCUT2D eigenvalue weighted by molar-refractivity contribution is 7.92. The summed E-state index contributed by atoms with van der Waals surface area (Å²) < 4.78 is 71.8. The van der Waals surface area contributed by atoms with Crippen molar-refractivity contribution in [3.63, 3.8) is 0 Å². The van der Waals surface area contributed by atoms with Gasteiger partial charge in [0.1, 0.15) is 10.7 Å². The molecule has 1 N–H and O–H groups in total. The maximum Gasteiger partial charge on any atom is 0.253 e. The predicted molar refractivity (Wildman–Crippen MR) is 151 cm³/mol. The number of fused-ring (bicyclic) bond motifs is 4. The first-order valence-corrected chi connectivity index (χ1v) is 17.0. The van der Waals surface area contributed by atoms with Crippen molar-refractivity contribution in [2.24, 2.45) is 0 Å². The number of carbonyl (C=O) groups is 1. The normalized spacial score (nSPS) is 19.9. The lowest BCUT2D eigenvalue weighted by Gasteiger charge is -2.43. The van der Waals surface area contributed by atoms with E-state index in [2.05, 4.69) is 9.71 Å². The molecule has 216 valence electrons. The second-order valence-electron chi connectivity index (χ2n) is 11.0. The van der Waals surface area contributed by atoms with Crippen molar-refractivity contribution >= 4 is 37.4 Å². The molecule has 1 spiro atoms. The highest BCUT2D eigenvalue weighted by Crippen LogP contribution is 2.54. The number of piperidine rings is 1. The molecule has 0 bridgehead atoms. The van der Waals surface area contributed by atoms with Crippen LogP contribution in [0.2, 0.25) is 5.02 Å². The van der Waals surface area contributed by atoms with Crippen LogP contribution in [-0.2, 0) is 25.3 Å². The smallest absolute Gasteiger partial charge is 0.253 e. The molecule has 1 saturated carbocycles. The molecule has 41 heavy (non-hydrogen) atoms. The van der Waals surface area contributed by atoms with Crippen LogP contribution in [0.25, 0.3) is 0 Å². The van der Waals surface area contributed by atoms with Gasteiger partial charge in [-0.1, -0.05) is 36.9 Å². The van der Waals surface area contributed by atoms with E-state index in [4.69, 9.17) is 11.6 Å². The third-order valence-electron chi connectivity index (χ3n) is 8.62. The summed E-state index contributed by atoms with van der Waals surface area (Å²) in [5, 5.41) is -0.0627. The quantitative estimate of drug-likeness (QED) is 0.448. The molecule has 0 radical (unpaired) electrons. The fourth-order valence-electron chi connectivity index (χ4n) is 6.57. The summed E-state index contributed by atoms with van der Waals surface area (Å²) in [5.74, 6) is -0.816. The molecule has 6 rings (SSSR count). The molecule has 0 unspecified atom stereocenters. The fourth-order valence-corrected chi connectivity index (χ4v) is 10.4. The van der Waals surface area contributed by atoms with Crippen LogP contribution in [0.3, 0.4) is 0 Å². The lowest BCUT2D eigenvalue weighted by atomic mass is 9.65. The van der Waals surface area contributed by atoms with Gasteiger partial charge in [0.15, 0.2) is 0 Å². The Bertz CT molecular complexity index is 1740. The number of benzene rings is 2. The number of carbonyl (C=O) groups excluding carboxylic acids is 1. The van der Waals surface area contributed by atoms with Gasteiger partial charge in [-0.25, -0.2) is 25.9 Å². The number of rotatable bonds is 4. The highest BCUT2D eigenvalue weighted by atomic mass is 35.5. The molecule has 3 aromatic rings. The van der Waals surface area contributed by atoms with Gasteiger partial charge in [0.2, 0.25) is 19.9 Å². The second-order valence-corrected chi connectivity index (χ2v) is 15.0. The summed E-state index contributed by atoms with van der Waals surface area (Å²) in [6.45, 7) is 0.705. The number of sulfonamides is 1. The number of halogens is 2. The van der Waals surface area contributed by atoms with Gasteiger partial charge in [0, 0.05) is 42.5 Å². The lowest BCUT2D eigenvalue weighted by Crippen LogP contribution is -2.46. The Hall–Kier alpha value is -2.86. The van der Waals surface area contributed by atoms with E-state index in [0.29, 0.717) is 55.5 Å². The summed E-state index contributed by atoms with van der Waals surface area (Å²) in [5.41, 5.74) is 0.848. The Morgan fingerprint density at radius 1 is 0.976 bits per heavy atom. The van der Waals surface area contributed by atoms with Crippen molar-refractivity contribution in [2.45, 2.75) is 71.1 Å². The fraction of sp³-hybridized carbons (Fsp3) is 0.379. The standard InChI is InChI=1S/C29H29ClFN3O5S2/c30-24-17-23-26(40(36,37)25-16-20(31)4-5-22(25)29(23)10-2-1-3-11-29)18-27(24)41(38,39)33-21-8-14-34(15-9-21)28(35)19-6-12-32-13-7-19/h4-7,12-13,16-18,21,33H,1-3,8-11,14-15H2. The van der Waals surface area contributed by atoms with Gasteiger partial charge in [-0.2, -0.15) is 0 Å². The molecule has 3 aliphatic rings. The van der Waals surface area contributed by atoms with Crippen molar-refractivity contribution in [1.29, 1.82) is 0 Å². The van der Waals surface area contributed by atoms with Crippen LogP contribution >= 0.6 is 11.6 Å². The number of pyridine rings is 1. The number of hydrogen-bond donors (Lipinski definition) is 1. The number of sulfone groups is 1. The Kier molecular flexibility index (Phi) is 7.20. The Labute approximate surface area is 243 Å². The van der Waals surface area contributed by atoms with Gasteiger partial charge in [-0.3, -0.25) is 9.78 Å². The third kappa shape index (κ3) is 4.86. The van der Waals surface area contributed by atoms with Crippen molar-refractivity contribution in [3.8, 4) is 0 Å². The molecule has 8 nitrogen and oxygen atoms in total. The first-order valence-electron chi connectivity index (χ1n) is 13.6. The van der Waals surface area contributed by atoms with E-state index < -0.39 is 37.1 Å². The monoisotopic (exact) mass is 617 g/mol. The van der Waals surface area contributed by atoms with E-state index in [1.165, 1.54) is 12.1 Å². The number of nitrogens with zero attached hydrogens (tertiary/aromatic N) is 2. The van der Waals surface area contributed by atoms with Crippen LogP contribution in [-0.4, -0.2) is 51.8 Å². The van der Waals surface area contributed by atoms with E-state index in [-0.39, 0.29) is 25.6 Å². The molecule has 3 heterocycles. The third-order valence-corrected chi connectivity index (χ3v) is 12.4. The lowest BCUT2D eigenvalue weighted by molar-refractivity contribution is 0.0711. The average Bonchev–Trinajstić information content (AvgIpc) is 2.97. The molecule has 0 atom stereocenters. The van der Waals surface area contributed by atoms with E-state index in [1.54, 1.807) is 35.5 Å². The van der Waals surface area contributed by atoms with E-state index in [0.717, 1.165) is 31.4 Å². The molecule has 12 heteroatoms. The average molecular weight is 618 g/mol. The zero-order valence-electron chi connectivity index (χ0n) is 22.1. The van der Waals surface area contributed by atoms with Crippen molar-refractivity contribution in [3.05, 3.63) is 82.4 Å². The molecular formula is C29H29ClFN3O5S2. The maximum atomic E-state index is 14.3. The molecule has 1 saturated heterocycles. The van der Waals surface area contributed by atoms with Crippen LogP contribution < -0.4 is 4.72 Å². The minimum atomic E-state index is -4.22. The van der Waals surface area contributed by atoms with Crippen LogP contribution in [0.1, 0.15) is 66.4 Å². The first kappa shape index (κ1) is 28.3. The van der Waals surface area contributed by atoms with Gasteiger partial charge in [0.25, 0.3) is 5.91 Å². The maximum absolute atomic E-state index is 14.3. The summed E-state index contributed by atoms with van der Waals surface area (Å²) in [6.07, 6.45) is 7.88. The van der Waals surface area contributed by atoms with Gasteiger partial charge in [-0.15, -0.1) is 0 Å². The molecule has 2 aromatic carbocycles. The minimum Gasteiger partial charge on any atom is -0.339 e. The molecule has 1 amide bonds. The van der Waals surface area contributed by atoms with Crippen LogP contribution in [0.15, 0.2) is 69.5 Å². The number of hydrogen-bond acceptors (Lipinski definition) is 6. The molecule has 1 aromatic heterocycles.